The Morgan fingerprint density at radius 3 is 1.42 bits per heavy atom. The van der Waals surface area contributed by atoms with Crippen molar-refractivity contribution < 1.29 is 0 Å². The number of rotatable bonds is 2. The topological polar surface area (TPSA) is 6.48 Å². The van der Waals surface area contributed by atoms with Gasteiger partial charge < -0.3 is 9.80 Å². The highest BCUT2D eigenvalue weighted by molar-refractivity contribution is 7.33. The van der Waals surface area contributed by atoms with Gasteiger partial charge in [-0.05, 0) is 204 Å². The number of anilines is 6. The van der Waals surface area contributed by atoms with Gasteiger partial charge in [-0.15, -0.1) is 11.3 Å². The fraction of sp³-hybridized carbons (Fsp3) is 0.508. The van der Waals surface area contributed by atoms with E-state index < -0.39 is 0 Å². The Hall–Kier alpha value is -4.28. The van der Waals surface area contributed by atoms with Crippen molar-refractivity contribution in [3.8, 4) is 0 Å². The average molecular weight is 933 g/mol. The second-order valence-corrected chi connectivity index (χ2v) is 29.9. The van der Waals surface area contributed by atoms with Gasteiger partial charge in [-0.3, -0.25) is 0 Å². The lowest BCUT2D eigenvalue weighted by molar-refractivity contribution is 0.332. The fourth-order valence-corrected chi connectivity index (χ4v) is 14.9. The molecule has 0 radical (unpaired) electrons. The molecule has 0 spiro atoms. The van der Waals surface area contributed by atoms with E-state index in [0.29, 0.717) is 0 Å². The number of nitrogens with zero attached hydrogens (tertiary/aromatic N) is 2. The van der Waals surface area contributed by atoms with Gasteiger partial charge in [0.05, 0.1) is 5.69 Å². The number of thiophene rings is 1. The predicted molar refractivity (Wildman–Crippen MR) is 304 cm³/mol. The van der Waals surface area contributed by atoms with Crippen LogP contribution in [0.4, 0.5) is 34.1 Å². The minimum atomic E-state index is -0.0290. The predicted octanol–water partition coefficient (Wildman–Crippen LogP) is 16.9. The monoisotopic (exact) mass is 933 g/mol. The SMILES string of the molecule is Cc1cc2c3c(c1)N(c1cc(C(C)(C)C)cc(C(C)(C)C)c1)c1c(sc4cc5c(cc14)C(C)(C)CCC5(C)C)B3c1cc3c(cc1N2c1ccc2c(c1)C(C)(C)CCC2(C)C)C(C)(C)CCC3(C)C. The molecule has 360 valence electrons. The largest absolute Gasteiger partial charge is 0.311 e. The molecule has 0 fully saturated rings. The molecule has 2 nitrogen and oxygen atoms in total. The molecule has 0 saturated carbocycles. The molecule has 0 N–H and O–H groups in total. The van der Waals surface area contributed by atoms with E-state index in [4.69, 9.17) is 0 Å². The van der Waals surface area contributed by atoms with Crippen molar-refractivity contribution in [2.45, 2.75) is 213 Å². The first-order chi connectivity index (χ1) is 31.8. The third kappa shape index (κ3) is 7.04. The molecule has 3 aliphatic carbocycles. The van der Waals surface area contributed by atoms with Crippen LogP contribution in [0.15, 0.2) is 72.8 Å². The van der Waals surface area contributed by atoms with Crippen molar-refractivity contribution in [2.24, 2.45) is 0 Å². The van der Waals surface area contributed by atoms with Crippen LogP contribution in [0, 0.1) is 6.92 Å². The summed E-state index contributed by atoms with van der Waals surface area (Å²) in [4.78, 5) is 5.50. The van der Waals surface area contributed by atoms with Gasteiger partial charge in [0.25, 0.3) is 6.71 Å². The molecule has 4 heteroatoms. The zero-order chi connectivity index (χ0) is 49.7. The van der Waals surface area contributed by atoms with Crippen molar-refractivity contribution in [2.75, 3.05) is 9.80 Å². The zero-order valence-electron chi connectivity index (χ0n) is 46.1. The normalized spacial score (nSPS) is 20.9. The van der Waals surface area contributed by atoms with Crippen LogP contribution in [0.25, 0.3) is 10.1 Å². The van der Waals surface area contributed by atoms with Crippen LogP contribution < -0.4 is 25.5 Å². The van der Waals surface area contributed by atoms with Crippen LogP contribution in [0.2, 0.25) is 0 Å². The minimum absolute atomic E-state index is 0.0290. The number of hydrogen-bond donors (Lipinski definition) is 0. The Labute approximate surface area is 421 Å². The fourth-order valence-electron chi connectivity index (χ4n) is 13.6. The van der Waals surface area contributed by atoms with Gasteiger partial charge in [-0.1, -0.05) is 143 Å². The van der Waals surface area contributed by atoms with E-state index in [-0.39, 0.29) is 50.0 Å². The highest BCUT2D eigenvalue weighted by atomic mass is 32.1. The van der Waals surface area contributed by atoms with E-state index in [2.05, 4.69) is 225 Å². The molecular weight excluding hydrogens is 852 g/mol. The van der Waals surface area contributed by atoms with Crippen molar-refractivity contribution >= 4 is 78.0 Å². The molecule has 3 heterocycles. The smallest absolute Gasteiger partial charge is 0.264 e. The Kier molecular flexibility index (Phi) is 9.86. The summed E-state index contributed by atoms with van der Waals surface area (Å²) in [5, 5.41) is 1.41. The molecule has 5 aliphatic rings. The third-order valence-corrected chi connectivity index (χ3v) is 20.0. The van der Waals surface area contributed by atoms with Gasteiger partial charge in [0, 0.05) is 43.3 Å². The Balaban J connectivity index is 1.30. The second kappa shape index (κ2) is 14.4. The summed E-state index contributed by atoms with van der Waals surface area (Å²) in [7, 11) is 0. The van der Waals surface area contributed by atoms with Gasteiger partial charge in [0.2, 0.25) is 0 Å². The quantitative estimate of drug-likeness (QED) is 0.159. The summed E-state index contributed by atoms with van der Waals surface area (Å²) >= 11 is 2.09. The number of benzene rings is 5. The van der Waals surface area contributed by atoms with Crippen molar-refractivity contribution in [3.63, 3.8) is 0 Å². The third-order valence-electron chi connectivity index (χ3n) is 18.8. The molecule has 0 amide bonds. The van der Waals surface area contributed by atoms with E-state index >= 15 is 0 Å². The molecule has 0 atom stereocenters. The van der Waals surface area contributed by atoms with Gasteiger partial charge in [0.15, 0.2) is 0 Å². The first kappa shape index (κ1) is 47.1. The van der Waals surface area contributed by atoms with Crippen molar-refractivity contribution in [3.05, 3.63) is 123 Å². The van der Waals surface area contributed by atoms with Crippen LogP contribution in [-0.4, -0.2) is 6.71 Å². The van der Waals surface area contributed by atoms with Crippen LogP contribution in [0.1, 0.15) is 213 Å². The van der Waals surface area contributed by atoms with E-state index in [1.165, 1.54) is 137 Å². The van der Waals surface area contributed by atoms with E-state index in [1.54, 1.807) is 11.1 Å². The minimum Gasteiger partial charge on any atom is -0.311 e. The molecule has 11 rings (SSSR count). The van der Waals surface area contributed by atoms with Gasteiger partial charge in [-0.25, -0.2) is 0 Å². The number of hydrogen-bond acceptors (Lipinski definition) is 3. The second-order valence-electron chi connectivity index (χ2n) is 28.8. The summed E-state index contributed by atoms with van der Waals surface area (Å²) in [5.41, 5.74) is 24.7. The maximum atomic E-state index is 2.77. The number of fused-ring (bicyclic) bond motifs is 9. The molecule has 2 aliphatic heterocycles. The average Bonchev–Trinajstić information content (AvgIpc) is 3.62. The highest BCUT2D eigenvalue weighted by Crippen LogP contribution is 2.56. The van der Waals surface area contributed by atoms with Crippen LogP contribution >= 0.6 is 11.3 Å². The lowest BCUT2D eigenvalue weighted by atomic mass is 9.35. The molecule has 69 heavy (non-hydrogen) atoms. The molecule has 0 saturated heterocycles. The molecule has 1 aromatic heterocycles. The summed E-state index contributed by atoms with van der Waals surface area (Å²) < 4.78 is 2.91. The standard InChI is InChI=1S/C65H81BN2S/c1-38-28-52-55-53(29-38)68(42-31-39(58(2,3)4)30-40(32-42)59(5,6)7)56-43-34-46-49(65(18,19)27-24-62(46,12)13)37-54(43)69-57(56)66(55)50-35-47-48(64(16,17)26-25-63(47,14)15)36-51(50)67(52)41-20-21-44-45(33-41)61(10,11)23-22-60(44,8)9/h20-21,28-37H,22-27H2,1-19H3. The molecular formula is C65H81BN2S. The maximum absolute atomic E-state index is 2.77. The molecule has 5 aromatic carbocycles. The zero-order valence-corrected chi connectivity index (χ0v) is 46.9. The Bertz CT molecular complexity index is 3140. The summed E-state index contributed by atoms with van der Waals surface area (Å²) in [5.74, 6) is 0. The maximum Gasteiger partial charge on any atom is 0.264 e. The summed E-state index contributed by atoms with van der Waals surface area (Å²) in [6, 6.07) is 31.1. The first-order valence-electron chi connectivity index (χ1n) is 26.7. The Morgan fingerprint density at radius 2 is 0.899 bits per heavy atom. The van der Waals surface area contributed by atoms with E-state index in [0.717, 1.165) is 0 Å². The molecule has 0 unspecified atom stereocenters. The first-order valence-corrected chi connectivity index (χ1v) is 27.5. The van der Waals surface area contributed by atoms with Crippen LogP contribution in [0.3, 0.4) is 0 Å². The lowest BCUT2D eigenvalue weighted by Gasteiger charge is -2.47. The molecule has 6 aromatic rings. The van der Waals surface area contributed by atoms with Gasteiger partial charge in [-0.2, -0.15) is 0 Å². The van der Waals surface area contributed by atoms with Crippen LogP contribution in [-0.2, 0) is 43.3 Å². The highest BCUT2D eigenvalue weighted by Gasteiger charge is 2.49. The number of aryl methyl sites for hydroxylation is 1. The van der Waals surface area contributed by atoms with Crippen molar-refractivity contribution in [1.29, 1.82) is 0 Å². The van der Waals surface area contributed by atoms with Gasteiger partial charge in [0.1, 0.15) is 0 Å². The molecule has 0 bridgehead atoms. The van der Waals surface area contributed by atoms with E-state index in [1.807, 2.05) is 0 Å². The van der Waals surface area contributed by atoms with Gasteiger partial charge >= 0.3 is 0 Å². The lowest BCUT2D eigenvalue weighted by Crippen LogP contribution is -2.61. The van der Waals surface area contributed by atoms with Crippen molar-refractivity contribution in [1.82, 2.24) is 0 Å². The Morgan fingerprint density at radius 1 is 0.449 bits per heavy atom. The van der Waals surface area contributed by atoms with Crippen LogP contribution in [0.5, 0.6) is 0 Å². The van der Waals surface area contributed by atoms with E-state index in [9.17, 15) is 0 Å². The summed E-state index contributed by atoms with van der Waals surface area (Å²) in [6.45, 7) is 46.7. The summed E-state index contributed by atoms with van der Waals surface area (Å²) in [6.07, 6.45) is 7.19.